The van der Waals surface area contributed by atoms with Crippen molar-refractivity contribution in [3.8, 4) is 0 Å². The zero-order valence-corrected chi connectivity index (χ0v) is 10.8. The number of hydrogen-bond acceptors (Lipinski definition) is 5. The van der Waals surface area contributed by atoms with Gasteiger partial charge in [0.25, 0.3) is 0 Å². The maximum atomic E-state index is 4.38. The normalized spacial score (nSPS) is 12.1. The fourth-order valence-electron chi connectivity index (χ4n) is 1.62. The minimum Gasteiger partial charge on any atom is -0.372 e. The van der Waals surface area contributed by atoms with Crippen molar-refractivity contribution in [3.63, 3.8) is 0 Å². The van der Waals surface area contributed by atoms with Crippen molar-refractivity contribution < 1.29 is 0 Å². The van der Waals surface area contributed by atoms with Crippen LogP contribution in [0.4, 0.5) is 11.6 Å². The fraction of sp³-hybridized carbons (Fsp3) is 0.333. The van der Waals surface area contributed by atoms with E-state index >= 15 is 0 Å². The Kier molecular flexibility index (Phi) is 3.93. The molecule has 1 atom stereocenters. The van der Waals surface area contributed by atoms with Crippen molar-refractivity contribution in [3.05, 3.63) is 34.8 Å². The van der Waals surface area contributed by atoms with E-state index in [2.05, 4.69) is 44.4 Å². The Morgan fingerprint density at radius 2 is 2.18 bits per heavy atom. The highest BCUT2D eigenvalue weighted by atomic mass is 32.1. The van der Waals surface area contributed by atoms with Crippen molar-refractivity contribution in [2.24, 2.45) is 0 Å². The van der Waals surface area contributed by atoms with Crippen LogP contribution in [0.1, 0.15) is 12.5 Å². The molecule has 0 aromatic carbocycles. The molecule has 0 aliphatic carbocycles. The van der Waals surface area contributed by atoms with Gasteiger partial charge in [0, 0.05) is 13.1 Å². The minimum absolute atomic E-state index is 0.339. The predicted molar refractivity (Wildman–Crippen MR) is 72.7 cm³/mol. The number of nitrogens with zero attached hydrogens (tertiary/aromatic N) is 2. The van der Waals surface area contributed by atoms with Crippen LogP contribution in [0.25, 0.3) is 0 Å². The molecule has 2 heterocycles. The van der Waals surface area contributed by atoms with E-state index < -0.39 is 0 Å². The molecule has 0 bridgehead atoms. The van der Waals surface area contributed by atoms with E-state index in [1.807, 2.05) is 7.05 Å². The first-order chi connectivity index (χ1) is 8.28. The SMILES string of the molecule is CNc1cncc(NC(C)Cc2ccsc2)n1. The molecule has 0 aliphatic rings. The summed E-state index contributed by atoms with van der Waals surface area (Å²) >= 11 is 1.73. The van der Waals surface area contributed by atoms with Crippen molar-refractivity contribution >= 4 is 23.0 Å². The highest BCUT2D eigenvalue weighted by molar-refractivity contribution is 7.07. The molecule has 0 spiro atoms. The van der Waals surface area contributed by atoms with Gasteiger partial charge in [0.05, 0.1) is 12.4 Å². The van der Waals surface area contributed by atoms with Crippen LogP contribution < -0.4 is 10.6 Å². The number of hydrogen-bond donors (Lipinski definition) is 2. The van der Waals surface area contributed by atoms with E-state index in [1.54, 1.807) is 23.7 Å². The van der Waals surface area contributed by atoms with Crippen LogP contribution in [0.15, 0.2) is 29.2 Å². The van der Waals surface area contributed by atoms with Crippen LogP contribution in [0.3, 0.4) is 0 Å². The van der Waals surface area contributed by atoms with Crippen LogP contribution in [-0.2, 0) is 6.42 Å². The molecule has 0 aliphatic heterocycles. The Morgan fingerprint density at radius 3 is 2.88 bits per heavy atom. The molecule has 0 saturated carbocycles. The summed E-state index contributed by atoms with van der Waals surface area (Å²) < 4.78 is 0. The van der Waals surface area contributed by atoms with Gasteiger partial charge >= 0.3 is 0 Å². The largest absolute Gasteiger partial charge is 0.372 e. The molecule has 2 N–H and O–H groups in total. The highest BCUT2D eigenvalue weighted by Crippen LogP contribution is 2.12. The average Bonchev–Trinajstić information content (AvgIpc) is 2.82. The van der Waals surface area contributed by atoms with Crippen molar-refractivity contribution in [1.82, 2.24) is 9.97 Å². The fourth-order valence-corrected chi connectivity index (χ4v) is 2.30. The first kappa shape index (κ1) is 11.9. The third-order valence-electron chi connectivity index (χ3n) is 2.41. The highest BCUT2D eigenvalue weighted by Gasteiger charge is 2.05. The third kappa shape index (κ3) is 3.42. The molecule has 90 valence electrons. The average molecular weight is 248 g/mol. The van der Waals surface area contributed by atoms with E-state index in [9.17, 15) is 0 Å². The van der Waals surface area contributed by atoms with Crippen LogP contribution in [0.2, 0.25) is 0 Å². The van der Waals surface area contributed by atoms with E-state index in [0.29, 0.717) is 6.04 Å². The molecule has 0 radical (unpaired) electrons. The van der Waals surface area contributed by atoms with Gasteiger partial charge in [-0.25, -0.2) is 4.98 Å². The van der Waals surface area contributed by atoms with Crippen molar-refractivity contribution in [2.75, 3.05) is 17.7 Å². The van der Waals surface area contributed by atoms with E-state index in [0.717, 1.165) is 18.1 Å². The quantitative estimate of drug-likeness (QED) is 0.854. The summed E-state index contributed by atoms with van der Waals surface area (Å²) in [6.45, 7) is 2.14. The Bertz CT molecular complexity index is 455. The van der Waals surface area contributed by atoms with E-state index in [-0.39, 0.29) is 0 Å². The maximum Gasteiger partial charge on any atom is 0.147 e. The van der Waals surface area contributed by atoms with Crippen molar-refractivity contribution in [1.29, 1.82) is 0 Å². The molecule has 0 amide bonds. The monoisotopic (exact) mass is 248 g/mol. The molecule has 2 aromatic rings. The lowest BCUT2D eigenvalue weighted by Gasteiger charge is -2.13. The molecule has 1 unspecified atom stereocenters. The summed E-state index contributed by atoms with van der Waals surface area (Å²) in [5.41, 5.74) is 1.35. The second kappa shape index (κ2) is 5.63. The molecule has 0 saturated heterocycles. The summed E-state index contributed by atoms with van der Waals surface area (Å²) in [4.78, 5) is 8.50. The summed E-state index contributed by atoms with van der Waals surface area (Å²) in [6, 6.07) is 2.49. The Hall–Kier alpha value is -1.62. The van der Waals surface area contributed by atoms with Crippen LogP contribution in [0.5, 0.6) is 0 Å². The van der Waals surface area contributed by atoms with Gasteiger partial charge in [0.15, 0.2) is 0 Å². The molecular formula is C12H16N4S. The van der Waals surface area contributed by atoms with Gasteiger partial charge in [-0.3, -0.25) is 4.98 Å². The van der Waals surface area contributed by atoms with Gasteiger partial charge in [-0.15, -0.1) is 0 Å². The van der Waals surface area contributed by atoms with E-state index in [1.165, 1.54) is 5.56 Å². The van der Waals surface area contributed by atoms with Gasteiger partial charge < -0.3 is 10.6 Å². The minimum atomic E-state index is 0.339. The van der Waals surface area contributed by atoms with Gasteiger partial charge in [0.2, 0.25) is 0 Å². The second-order valence-corrected chi connectivity index (χ2v) is 4.70. The lowest BCUT2D eigenvalue weighted by molar-refractivity contribution is 0.786. The maximum absolute atomic E-state index is 4.38. The number of anilines is 2. The number of nitrogens with one attached hydrogen (secondary N) is 2. The lowest BCUT2D eigenvalue weighted by atomic mass is 10.1. The first-order valence-electron chi connectivity index (χ1n) is 5.55. The van der Waals surface area contributed by atoms with Gasteiger partial charge in [-0.05, 0) is 35.7 Å². The van der Waals surface area contributed by atoms with Gasteiger partial charge in [-0.1, -0.05) is 0 Å². The Labute approximate surface area is 105 Å². The molecular weight excluding hydrogens is 232 g/mol. The van der Waals surface area contributed by atoms with Gasteiger partial charge in [0.1, 0.15) is 11.6 Å². The zero-order valence-electron chi connectivity index (χ0n) is 9.97. The Balaban J connectivity index is 1.95. The molecule has 2 rings (SSSR count). The number of aromatic nitrogens is 2. The lowest BCUT2D eigenvalue weighted by Crippen LogP contribution is -2.18. The van der Waals surface area contributed by atoms with Crippen LogP contribution in [-0.4, -0.2) is 23.1 Å². The summed E-state index contributed by atoms with van der Waals surface area (Å²) in [7, 11) is 1.84. The predicted octanol–water partition coefficient (Wildman–Crippen LogP) is 2.62. The molecule has 2 aromatic heterocycles. The molecule has 17 heavy (non-hydrogen) atoms. The van der Waals surface area contributed by atoms with Crippen molar-refractivity contribution in [2.45, 2.75) is 19.4 Å². The molecule has 5 heteroatoms. The zero-order chi connectivity index (χ0) is 12.1. The standard InChI is InChI=1S/C12H16N4S/c1-9(5-10-3-4-17-8-10)15-12-7-14-6-11(13-2)16-12/h3-4,6-9H,5H2,1-2H3,(H2,13,15,16). The Morgan fingerprint density at radius 1 is 1.35 bits per heavy atom. The van der Waals surface area contributed by atoms with Crippen LogP contribution in [0, 0.1) is 0 Å². The number of rotatable bonds is 5. The number of thiophene rings is 1. The topological polar surface area (TPSA) is 49.8 Å². The summed E-state index contributed by atoms with van der Waals surface area (Å²) in [5, 5.41) is 10.6. The second-order valence-electron chi connectivity index (χ2n) is 3.92. The third-order valence-corrected chi connectivity index (χ3v) is 3.14. The van der Waals surface area contributed by atoms with Gasteiger partial charge in [-0.2, -0.15) is 11.3 Å². The smallest absolute Gasteiger partial charge is 0.147 e. The molecule has 4 nitrogen and oxygen atoms in total. The van der Waals surface area contributed by atoms with Crippen LogP contribution >= 0.6 is 11.3 Å². The first-order valence-corrected chi connectivity index (χ1v) is 6.49. The summed E-state index contributed by atoms with van der Waals surface area (Å²) in [6.07, 6.45) is 4.44. The summed E-state index contributed by atoms with van der Waals surface area (Å²) in [5.74, 6) is 1.58. The van der Waals surface area contributed by atoms with E-state index in [4.69, 9.17) is 0 Å². The molecule has 0 fully saturated rings.